The molecule has 0 heterocycles. The molecule has 1 aromatic carbocycles. The molecule has 0 atom stereocenters. The fourth-order valence-corrected chi connectivity index (χ4v) is 2.49. The summed E-state index contributed by atoms with van der Waals surface area (Å²) in [7, 11) is 0. The van der Waals surface area contributed by atoms with Gasteiger partial charge in [-0.1, -0.05) is 28.8 Å². The van der Waals surface area contributed by atoms with Crippen LogP contribution >= 0.6 is 15.9 Å². The minimum absolute atomic E-state index is 0.766. The Hall–Kier alpha value is -0.540. The first kappa shape index (κ1) is 12.9. The molecule has 0 aliphatic heterocycles. The molecule has 1 aromatic rings. The Morgan fingerprint density at radius 3 is 2.59 bits per heavy atom. The van der Waals surface area contributed by atoms with Gasteiger partial charge in [-0.3, -0.25) is 0 Å². The maximum absolute atomic E-state index is 5.66. The maximum Gasteiger partial charge on any atom is 0.119 e. The molecule has 2 nitrogen and oxygen atoms in total. The summed E-state index contributed by atoms with van der Waals surface area (Å²) in [6.45, 7) is 1.86. The molecular weight excluding hydrogens is 278 g/mol. The highest BCUT2D eigenvalue weighted by atomic mass is 79.9. The molecule has 0 radical (unpaired) electrons. The Morgan fingerprint density at radius 1 is 1.18 bits per heavy atom. The monoisotopic (exact) mass is 297 g/mol. The van der Waals surface area contributed by atoms with Crippen molar-refractivity contribution in [1.82, 2.24) is 5.32 Å². The quantitative estimate of drug-likeness (QED) is 0.808. The van der Waals surface area contributed by atoms with E-state index in [2.05, 4.69) is 21.2 Å². The summed E-state index contributed by atoms with van der Waals surface area (Å²) in [6, 6.07) is 8.77. The molecule has 1 N–H and O–H groups in total. The smallest absolute Gasteiger partial charge is 0.119 e. The summed E-state index contributed by atoms with van der Waals surface area (Å²) in [5.74, 6) is 0.953. The van der Waals surface area contributed by atoms with Gasteiger partial charge in [-0.2, -0.15) is 0 Å². The highest BCUT2D eigenvalue weighted by Crippen LogP contribution is 2.18. The Kier molecular flexibility index (Phi) is 5.33. The zero-order valence-corrected chi connectivity index (χ0v) is 11.7. The van der Waals surface area contributed by atoms with E-state index < -0.39 is 0 Å². The fraction of sp³-hybridized carbons (Fsp3) is 0.571. The molecular formula is C14H20BrNO. The largest absolute Gasteiger partial charge is 0.494 e. The number of ether oxygens (including phenoxy) is 1. The molecule has 2 rings (SSSR count). The van der Waals surface area contributed by atoms with Crippen molar-refractivity contribution in [3.63, 3.8) is 0 Å². The number of hydrogen-bond donors (Lipinski definition) is 1. The molecule has 0 unspecified atom stereocenters. The molecule has 0 bridgehead atoms. The van der Waals surface area contributed by atoms with Crippen molar-refractivity contribution >= 4 is 15.9 Å². The third-order valence-corrected chi connectivity index (χ3v) is 3.72. The van der Waals surface area contributed by atoms with E-state index in [1.807, 2.05) is 24.3 Å². The Balaban J connectivity index is 1.55. The van der Waals surface area contributed by atoms with E-state index in [1.54, 1.807) is 0 Å². The van der Waals surface area contributed by atoms with E-state index in [0.29, 0.717) is 0 Å². The summed E-state index contributed by atoms with van der Waals surface area (Å²) in [6.07, 6.45) is 6.58. The predicted octanol–water partition coefficient (Wildman–Crippen LogP) is 3.75. The zero-order chi connectivity index (χ0) is 11.9. The van der Waals surface area contributed by atoms with Gasteiger partial charge >= 0.3 is 0 Å². The van der Waals surface area contributed by atoms with Crippen LogP contribution in [0.1, 0.15) is 32.1 Å². The number of nitrogens with one attached hydrogen (secondary N) is 1. The molecule has 1 aliphatic carbocycles. The summed E-state index contributed by atoms with van der Waals surface area (Å²) in [5.41, 5.74) is 0. The normalized spacial score (nSPS) is 16.3. The van der Waals surface area contributed by atoms with Gasteiger partial charge in [0.05, 0.1) is 6.61 Å². The molecule has 0 aromatic heterocycles. The van der Waals surface area contributed by atoms with Gasteiger partial charge < -0.3 is 10.1 Å². The SMILES string of the molecule is Brc1ccc(OCCCNC2CCCC2)cc1. The van der Waals surface area contributed by atoms with Crippen molar-refractivity contribution in [2.24, 2.45) is 0 Å². The lowest BCUT2D eigenvalue weighted by molar-refractivity contribution is 0.304. The molecule has 0 spiro atoms. The topological polar surface area (TPSA) is 21.3 Å². The summed E-state index contributed by atoms with van der Waals surface area (Å²) < 4.78 is 6.76. The van der Waals surface area contributed by atoms with Crippen molar-refractivity contribution in [2.75, 3.05) is 13.2 Å². The Bertz CT molecular complexity index is 319. The van der Waals surface area contributed by atoms with Crippen LogP contribution in [0.5, 0.6) is 5.75 Å². The van der Waals surface area contributed by atoms with Crippen molar-refractivity contribution < 1.29 is 4.74 Å². The van der Waals surface area contributed by atoms with Crippen LogP contribution in [0.25, 0.3) is 0 Å². The molecule has 0 saturated heterocycles. The number of rotatable bonds is 6. The minimum atomic E-state index is 0.766. The van der Waals surface area contributed by atoms with Crippen molar-refractivity contribution in [3.8, 4) is 5.75 Å². The van der Waals surface area contributed by atoms with Gasteiger partial charge in [-0.15, -0.1) is 0 Å². The average molecular weight is 298 g/mol. The van der Waals surface area contributed by atoms with Gasteiger partial charge in [0.25, 0.3) is 0 Å². The predicted molar refractivity (Wildman–Crippen MR) is 74.5 cm³/mol. The molecule has 1 aliphatic rings. The highest BCUT2D eigenvalue weighted by Gasteiger charge is 2.13. The first-order chi connectivity index (χ1) is 8.34. The summed E-state index contributed by atoms with van der Waals surface area (Å²) in [5, 5.41) is 3.59. The molecule has 1 saturated carbocycles. The zero-order valence-electron chi connectivity index (χ0n) is 10.1. The molecule has 0 amide bonds. The molecule has 94 valence electrons. The fourth-order valence-electron chi connectivity index (χ4n) is 2.23. The van der Waals surface area contributed by atoms with Gasteiger partial charge in [-0.25, -0.2) is 0 Å². The summed E-state index contributed by atoms with van der Waals surface area (Å²) in [4.78, 5) is 0. The number of benzene rings is 1. The van der Waals surface area contributed by atoms with E-state index in [1.165, 1.54) is 25.7 Å². The van der Waals surface area contributed by atoms with Crippen molar-refractivity contribution in [2.45, 2.75) is 38.1 Å². The Labute approximate surface area is 112 Å². The molecule has 17 heavy (non-hydrogen) atoms. The van der Waals surface area contributed by atoms with Gasteiger partial charge in [0.15, 0.2) is 0 Å². The van der Waals surface area contributed by atoms with Crippen molar-refractivity contribution in [3.05, 3.63) is 28.7 Å². The number of hydrogen-bond acceptors (Lipinski definition) is 2. The van der Waals surface area contributed by atoms with Crippen LogP contribution in [0.3, 0.4) is 0 Å². The average Bonchev–Trinajstić information content (AvgIpc) is 2.84. The third-order valence-electron chi connectivity index (χ3n) is 3.19. The Morgan fingerprint density at radius 2 is 1.88 bits per heavy atom. The van der Waals surface area contributed by atoms with E-state index in [4.69, 9.17) is 4.74 Å². The van der Waals surface area contributed by atoms with Gasteiger partial charge in [0.2, 0.25) is 0 Å². The van der Waals surface area contributed by atoms with E-state index >= 15 is 0 Å². The van der Waals surface area contributed by atoms with Crippen LogP contribution in [0.15, 0.2) is 28.7 Å². The number of halogens is 1. The van der Waals surface area contributed by atoms with Crippen LogP contribution in [-0.2, 0) is 0 Å². The standard InChI is InChI=1S/C14H20BrNO/c15-12-6-8-14(9-7-12)17-11-3-10-16-13-4-1-2-5-13/h6-9,13,16H,1-5,10-11H2. The van der Waals surface area contributed by atoms with Crippen LogP contribution in [0, 0.1) is 0 Å². The maximum atomic E-state index is 5.66. The minimum Gasteiger partial charge on any atom is -0.494 e. The molecule has 3 heteroatoms. The first-order valence-corrected chi connectivity index (χ1v) is 7.25. The van der Waals surface area contributed by atoms with E-state index in [0.717, 1.165) is 35.8 Å². The van der Waals surface area contributed by atoms with Crippen LogP contribution in [0.2, 0.25) is 0 Å². The first-order valence-electron chi connectivity index (χ1n) is 6.46. The van der Waals surface area contributed by atoms with Crippen LogP contribution in [0.4, 0.5) is 0 Å². The second-order valence-corrected chi connectivity index (χ2v) is 5.51. The molecule has 1 fully saturated rings. The highest BCUT2D eigenvalue weighted by molar-refractivity contribution is 9.10. The van der Waals surface area contributed by atoms with E-state index in [9.17, 15) is 0 Å². The van der Waals surface area contributed by atoms with Crippen LogP contribution in [-0.4, -0.2) is 19.2 Å². The van der Waals surface area contributed by atoms with Gasteiger partial charge in [0, 0.05) is 10.5 Å². The second-order valence-electron chi connectivity index (χ2n) is 4.59. The van der Waals surface area contributed by atoms with Gasteiger partial charge in [0.1, 0.15) is 5.75 Å². The lowest BCUT2D eigenvalue weighted by Crippen LogP contribution is -2.27. The third kappa shape index (κ3) is 4.68. The second kappa shape index (κ2) is 7.02. The van der Waals surface area contributed by atoms with E-state index in [-0.39, 0.29) is 0 Å². The van der Waals surface area contributed by atoms with Gasteiger partial charge in [-0.05, 0) is 50.1 Å². The lowest BCUT2D eigenvalue weighted by atomic mass is 10.2. The lowest BCUT2D eigenvalue weighted by Gasteiger charge is -2.11. The summed E-state index contributed by atoms with van der Waals surface area (Å²) >= 11 is 3.41. The van der Waals surface area contributed by atoms with Crippen molar-refractivity contribution in [1.29, 1.82) is 0 Å². The van der Waals surface area contributed by atoms with Crippen LogP contribution < -0.4 is 10.1 Å².